The van der Waals surface area contributed by atoms with Crippen molar-refractivity contribution in [3.05, 3.63) is 111 Å². The van der Waals surface area contributed by atoms with Crippen molar-refractivity contribution in [2.24, 2.45) is 0 Å². The highest BCUT2D eigenvalue weighted by Gasteiger charge is 2.53. The van der Waals surface area contributed by atoms with Crippen LogP contribution >= 0.6 is 22.9 Å². The molecule has 13 heteroatoms. The molecule has 3 atom stereocenters. The highest BCUT2D eigenvalue weighted by atomic mass is 35.5. The minimum Gasteiger partial charge on any atom is -0.481 e. The second-order valence-electron chi connectivity index (χ2n) is 14.7. The molecule has 2 amide bonds. The molecule has 6 rings (SSSR count). The van der Waals surface area contributed by atoms with Gasteiger partial charge >= 0.3 is 5.97 Å². The molecule has 0 bridgehead atoms. The zero-order valence-corrected chi connectivity index (χ0v) is 33.2. The molecule has 0 fully saturated rings. The van der Waals surface area contributed by atoms with E-state index < -0.39 is 55.7 Å². The zero-order chi connectivity index (χ0) is 37.9. The van der Waals surface area contributed by atoms with Crippen LogP contribution in [0.4, 0.5) is 0 Å². The van der Waals surface area contributed by atoms with Gasteiger partial charge in [-0.05, 0) is 53.1 Å². The van der Waals surface area contributed by atoms with Crippen LogP contribution in [0.2, 0.25) is 10.1 Å². The van der Waals surface area contributed by atoms with Crippen LogP contribution in [0.3, 0.4) is 0 Å². The molecular weight excluding hydrogens is 726 g/mol. The Hall–Kier alpha value is -4.33. The summed E-state index contributed by atoms with van der Waals surface area (Å²) in [5.74, 6) is -2.09. The van der Waals surface area contributed by atoms with Gasteiger partial charge in [-0.15, -0.1) is 11.3 Å². The largest absolute Gasteiger partial charge is 0.481 e. The number of amides is 2. The average molecular weight is 772 g/mol. The second-order valence-corrected chi connectivity index (χ2v) is 20.5. The Labute approximate surface area is 320 Å². The monoisotopic (exact) mass is 771 g/mol. The van der Waals surface area contributed by atoms with Crippen molar-refractivity contribution >= 4 is 70.3 Å². The fraction of sp³-hybridized carbons (Fsp3) is 0.350. The van der Waals surface area contributed by atoms with E-state index >= 15 is 0 Å². The lowest BCUT2D eigenvalue weighted by atomic mass is 9.97. The normalized spacial score (nSPS) is 15.4. The van der Waals surface area contributed by atoms with E-state index in [1.807, 2.05) is 50.4 Å². The van der Waals surface area contributed by atoms with E-state index in [4.69, 9.17) is 21.0 Å². The molecule has 0 aliphatic carbocycles. The molecule has 1 aliphatic heterocycles. The lowest BCUT2D eigenvalue weighted by molar-refractivity contribution is -0.137. The van der Waals surface area contributed by atoms with E-state index in [1.54, 1.807) is 24.3 Å². The van der Waals surface area contributed by atoms with Crippen LogP contribution in [0.1, 0.15) is 71.4 Å². The van der Waals surface area contributed by atoms with Gasteiger partial charge in [0.05, 0.1) is 30.3 Å². The number of likely N-dealkylation sites (N-methyl/N-ethyl adjacent to an activating group) is 1. The lowest BCUT2D eigenvalue weighted by Gasteiger charge is -2.47. The van der Waals surface area contributed by atoms with Gasteiger partial charge in [-0.1, -0.05) is 100.0 Å². The number of rotatable bonds is 13. The number of aliphatic carboxylic acids is 1. The van der Waals surface area contributed by atoms with Crippen LogP contribution in [0, 0.1) is 0 Å². The standard InChI is InChI=1S/C40H46ClN5O5SSi/c1-6-33(51-53(40(2,3)4,27-13-9-7-10-14-27)28-15-11-8-12-16-28)36(45-38(50)39-44-30-19-20-46(5)24-34(30)52-39)31(23-35(47)48)43-37(49)32-22-25-21-26(41)17-18-29(25)42-32/h7-18,21-22,31,33,36,42H,6,19-20,23-24H2,1-5H3,(H,43,49)(H,45,50)(H,47,48)/t31-,33?,36+/m1/s1. The molecule has 3 aromatic carbocycles. The Morgan fingerprint density at radius 1 is 1.00 bits per heavy atom. The van der Waals surface area contributed by atoms with Gasteiger partial charge in [0, 0.05) is 40.3 Å². The first-order valence-corrected chi connectivity index (χ1v) is 21.0. The second kappa shape index (κ2) is 16.0. The van der Waals surface area contributed by atoms with E-state index in [-0.39, 0.29) is 5.69 Å². The zero-order valence-electron chi connectivity index (χ0n) is 30.6. The number of fused-ring (bicyclic) bond motifs is 2. The highest BCUT2D eigenvalue weighted by molar-refractivity contribution is 7.13. The number of halogens is 1. The molecule has 10 nitrogen and oxygen atoms in total. The van der Waals surface area contributed by atoms with Gasteiger partial charge in [-0.2, -0.15) is 0 Å². The first kappa shape index (κ1) is 38.4. The van der Waals surface area contributed by atoms with Crippen LogP contribution in [-0.4, -0.2) is 77.9 Å². The molecule has 1 unspecified atom stereocenters. The average Bonchev–Trinajstić information content (AvgIpc) is 3.75. The van der Waals surface area contributed by atoms with Crippen LogP contribution < -0.4 is 21.0 Å². The van der Waals surface area contributed by atoms with Crippen molar-refractivity contribution in [2.75, 3.05) is 13.6 Å². The number of aromatic amines is 1. The highest BCUT2D eigenvalue weighted by Crippen LogP contribution is 2.38. The van der Waals surface area contributed by atoms with E-state index in [9.17, 15) is 19.5 Å². The third-order valence-corrected chi connectivity index (χ3v) is 16.3. The van der Waals surface area contributed by atoms with Crippen molar-refractivity contribution in [2.45, 2.75) is 76.7 Å². The maximum atomic E-state index is 14.3. The summed E-state index contributed by atoms with van der Waals surface area (Å²) >= 11 is 7.56. The smallest absolute Gasteiger partial charge is 0.305 e. The van der Waals surface area contributed by atoms with E-state index in [0.29, 0.717) is 28.5 Å². The van der Waals surface area contributed by atoms with Crippen molar-refractivity contribution in [3.63, 3.8) is 0 Å². The fourth-order valence-electron chi connectivity index (χ4n) is 7.34. The number of carboxylic acids is 1. The summed E-state index contributed by atoms with van der Waals surface area (Å²) < 4.78 is 7.56. The predicted octanol–water partition coefficient (Wildman–Crippen LogP) is 5.99. The molecule has 5 aromatic rings. The number of nitrogens with one attached hydrogen (secondary N) is 3. The van der Waals surface area contributed by atoms with Crippen molar-refractivity contribution in [1.29, 1.82) is 0 Å². The number of hydrogen-bond donors (Lipinski definition) is 4. The number of thiazole rings is 1. The Bertz CT molecular complexity index is 2040. The number of benzene rings is 3. The summed E-state index contributed by atoms with van der Waals surface area (Å²) in [4.78, 5) is 51.9. The van der Waals surface area contributed by atoms with Crippen LogP contribution in [0.25, 0.3) is 10.9 Å². The predicted molar refractivity (Wildman–Crippen MR) is 213 cm³/mol. The van der Waals surface area contributed by atoms with Crippen LogP contribution in [-0.2, 0) is 22.2 Å². The minimum absolute atomic E-state index is 0.236. The van der Waals surface area contributed by atoms with Crippen LogP contribution in [0.5, 0.6) is 0 Å². The number of hydrogen-bond acceptors (Lipinski definition) is 7. The third kappa shape index (κ3) is 8.27. The van der Waals surface area contributed by atoms with Crippen molar-refractivity contribution in [3.8, 4) is 0 Å². The number of aromatic nitrogens is 2. The lowest BCUT2D eigenvalue weighted by Crippen LogP contribution is -2.70. The van der Waals surface area contributed by atoms with Crippen LogP contribution in [0.15, 0.2) is 84.9 Å². The Balaban J connectivity index is 1.44. The molecule has 2 aromatic heterocycles. The molecule has 53 heavy (non-hydrogen) atoms. The molecule has 0 radical (unpaired) electrons. The number of carboxylic acid groups (broad SMARTS) is 1. The molecular formula is C40H46ClN5O5SSi. The molecule has 1 aliphatic rings. The summed E-state index contributed by atoms with van der Waals surface area (Å²) in [5, 5.41) is 19.7. The molecule has 0 spiro atoms. The molecule has 278 valence electrons. The molecule has 4 N–H and O–H groups in total. The van der Waals surface area contributed by atoms with E-state index in [0.717, 1.165) is 39.3 Å². The molecule has 0 saturated carbocycles. The van der Waals surface area contributed by atoms with Gasteiger partial charge in [0.2, 0.25) is 0 Å². The summed E-state index contributed by atoms with van der Waals surface area (Å²) in [6, 6.07) is 25.2. The number of carbonyl (C=O) groups excluding carboxylic acids is 2. The van der Waals surface area contributed by atoms with Gasteiger partial charge in [-0.25, -0.2) is 4.98 Å². The summed E-state index contributed by atoms with van der Waals surface area (Å²) in [5.41, 5.74) is 1.85. The van der Waals surface area contributed by atoms with Gasteiger partial charge < -0.3 is 30.0 Å². The minimum atomic E-state index is -3.21. The molecule has 3 heterocycles. The number of nitrogens with zero attached hydrogens (tertiary/aromatic N) is 2. The maximum absolute atomic E-state index is 14.3. The number of carbonyl (C=O) groups is 3. The van der Waals surface area contributed by atoms with E-state index in [2.05, 4.69) is 65.6 Å². The maximum Gasteiger partial charge on any atom is 0.305 e. The van der Waals surface area contributed by atoms with Crippen molar-refractivity contribution in [1.82, 2.24) is 25.5 Å². The number of H-pyrrole nitrogens is 1. The Kier molecular flexibility index (Phi) is 11.6. The summed E-state index contributed by atoms with van der Waals surface area (Å²) in [6.45, 7) is 9.99. The SMILES string of the molecule is CCC(O[Si](c1ccccc1)(c1ccccc1)C(C)(C)C)[C@@H](NC(=O)c1nc2c(s1)CN(C)CC2)[C@@H](CC(=O)O)NC(=O)c1cc2cc(Cl)ccc2[nH]1. The summed E-state index contributed by atoms with van der Waals surface area (Å²) in [7, 11) is -1.17. The molecule has 0 saturated heterocycles. The van der Waals surface area contributed by atoms with Crippen molar-refractivity contribution < 1.29 is 23.9 Å². The quantitative estimate of drug-likeness (QED) is 0.108. The Morgan fingerprint density at radius 2 is 1.66 bits per heavy atom. The Morgan fingerprint density at radius 3 is 2.26 bits per heavy atom. The van der Waals surface area contributed by atoms with Gasteiger partial charge in [0.15, 0.2) is 5.01 Å². The van der Waals surface area contributed by atoms with Gasteiger partial charge in [0.25, 0.3) is 20.1 Å². The first-order valence-electron chi connectivity index (χ1n) is 17.9. The first-order chi connectivity index (χ1) is 25.3. The van der Waals surface area contributed by atoms with E-state index in [1.165, 1.54) is 11.3 Å². The summed E-state index contributed by atoms with van der Waals surface area (Å²) in [6.07, 6.45) is -0.0493. The van der Waals surface area contributed by atoms with Gasteiger partial charge in [0.1, 0.15) is 5.69 Å². The topological polar surface area (TPSA) is 137 Å². The fourth-order valence-corrected chi connectivity index (χ4v) is 13.4. The third-order valence-electron chi connectivity index (χ3n) is 9.93. The van der Waals surface area contributed by atoms with Gasteiger partial charge in [-0.3, -0.25) is 14.4 Å².